The topological polar surface area (TPSA) is 40.2 Å². The number of rotatable bonds is 2. The second-order valence-electron chi connectivity index (χ2n) is 6.99. The maximum Gasteiger partial charge on any atom is 0.0952 e. The molecule has 0 aliphatic carbocycles. The van der Waals surface area contributed by atoms with E-state index in [1.165, 1.54) is 11.1 Å². The Hall–Kier alpha value is -1.76. The van der Waals surface area contributed by atoms with Gasteiger partial charge in [0.25, 0.3) is 0 Å². The molecule has 0 saturated carbocycles. The molecule has 0 amide bonds. The van der Waals surface area contributed by atoms with Gasteiger partial charge in [-0.3, -0.25) is 0 Å². The highest BCUT2D eigenvalue weighted by atomic mass is 16.6. The Balaban J connectivity index is 1.71. The number of benzene rings is 2. The van der Waals surface area contributed by atoms with Crippen LogP contribution in [0, 0.1) is 0 Å². The first-order chi connectivity index (χ1) is 13.8. The lowest BCUT2D eigenvalue weighted by molar-refractivity contribution is -0.0211. The number of nitrogens with zero attached hydrogens (tertiary/aromatic N) is 1. The van der Waals surface area contributed by atoms with Gasteiger partial charge in [-0.2, -0.15) is 0 Å². The number of ether oxygens (including phenoxy) is 4. The maximum absolute atomic E-state index is 6.17. The Morgan fingerprint density at radius 3 is 1.43 bits per heavy atom. The van der Waals surface area contributed by atoms with Crippen molar-refractivity contribution in [1.82, 2.24) is 4.90 Å². The Morgan fingerprint density at radius 1 is 0.607 bits per heavy atom. The van der Waals surface area contributed by atoms with Crippen LogP contribution in [0.5, 0.6) is 0 Å². The van der Waals surface area contributed by atoms with Crippen LogP contribution in [-0.4, -0.2) is 64.7 Å². The lowest BCUT2D eigenvalue weighted by Crippen LogP contribution is -2.31. The molecule has 1 aliphatic heterocycles. The Morgan fingerprint density at radius 2 is 1.00 bits per heavy atom. The summed E-state index contributed by atoms with van der Waals surface area (Å²) in [6, 6.07) is 20.7. The van der Waals surface area contributed by atoms with Crippen LogP contribution in [0.3, 0.4) is 0 Å². The first-order valence-electron chi connectivity index (χ1n) is 10.00. The van der Waals surface area contributed by atoms with Crippen molar-refractivity contribution < 1.29 is 18.9 Å². The molecule has 2 aromatic rings. The second-order valence-corrected chi connectivity index (χ2v) is 6.99. The van der Waals surface area contributed by atoms with E-state index in [0.717, 1.165) is 13.1 Å². The van der Waals surface area contributed by atoms with Gasteiger partial charge in [-0.1, -0.05) is 60.7 Å². The Labute approximate surface area is 168 Å². The predicted octanol–water partition coefficient (Wildman–Crippen LogP) is 3.48. The van der Waals surface area contributed by atoms with Gasteiger partial charge in [-0.05, 0) is 18.2 Å². The summed E-state index contributed by atoms with van der Waals surface area (Å²) >= 11 is 0. The fourth-order valence-electron chi connectivity index (χ4n) is 3.31. The first-order valence-corrected chi connectivity index (χ1v) is 10.00. The molecule has 0 radical (unpaired) electrons. The monoisotopic (exact) mass is 385 g/mol. The molecule has 1 heterocycles. The van der Waals surface area contributed by atoms with E-state index in [9.17, 15) is 0 Å². The van der Waals surface area contributed by atoms with Gasteiger partial charge in [0.1, 0.15) is 0 Å². The predicted molar refractivity (Wildman–Crippen MR) is 109 cm³/mol. The zero-order valence-electron chi connectivity index (χ0n) is 16.7. The molecule has 28 heavy (non-hydrogen) atoms. The van der Waals surface area contributed by atoms with Crippen molar-refractivity contribution in [2.75, 3.05) is 59.8 Å². The SMILES string of the molecule is CN1C[C@H](c2ccccc2)OCCOCCOCCO[C@@H](c2ccccc2)C1. The highest BCUT2D eigenvalue weighted by molar-refractivity contribution is 5.19. The third kappa shape index (κ3) is 7.00. The smallest absolute Gasteiger partial charge is 0.0952 e. The summed E-state index contributed by atoms with van der Waals surface area (Å²) in [5.74, 6) is 0. The van der Waals surface area contributed by atoms with Gasteiger partial charge in [0.05, 0.1) is 51.8 Å². The molecule has 0 bridgehead atoms. The minimum Gasteiger partial charge on any atom is -0.377 e. The second kappa shape index (κ2) is 11.9. The summed E-state index contributed by atoms with van der Waals surface area (Å²) in [6.07, 6.45) is -0.0137. The molecule has 1 fully saturated rings. The van der Waals surface area contributed by atoms with E-state index in [1.807, 2.05) is 12.1 Å². The minimum atomic E-state index is -0.00685. The van der Waals surface area contributed by atoms with Crippen LogP contribution < -0.4 is 0 Å². The maximum atomic E-state index is 6.17. The molecule has 2 atom stereocenters. The molecule has 2 aromatic carbocycles. The van der Waals surface area contributed by atoms with E-state index in [-0.39, 0.29) is 12.2 Å². The van der Waals surface area contributed by atoms with E-state index in [2.05, 4.69) is 60.5 Å². The normalized spacial score (nSPS) is 24.2. The molecular weight excluding hydrogens is 354 g/mol. The van der Waals surface area contributed by atoms with Crippen LogP contribution in [0.4, 0.5) is 0 Å². The average molecular weight is 386 g/mol. The van der Waals surface area contributed by atoms with E-state index in [4.69, 9.17) is 18.9 Å². The highest BCUT2D eigenvalue weighted by Crippen LogP contribution is 2.22. The van der Waals surface area contributed by atoms with Crippen molar-refractivity contribution in [3.05, 3.63) is 71.8 Å². The minimum absolute atomic E-state index is 0.00685. The van der Waals surface area contributed by atoms with E-state index < -0.39 is 0 Å². The van der Waals surface area contributed by atoms with Gasteiger partial charge in [0.2, 0.25) is 0 Å². The lowest BCUT2D eigenvalue weighted by Gasteiger charge is -2.28. The lowest BCUT2D eigenvalue weighted by atomic mass is 10.1. The molecule has 0 aromatic heterocycles. The van der Waals surface area contributed by atoms with Crippen LogP contribution in [0.15, 0.2) is 60.7 Å². The fraction of sp³-hybridized carbons (Fsp3) is 0.478. The summed E-state index contributed by atoms with van der Waals surface area (Å²) in [4.78, 5) is 2.27. The van der Waals surface area contributed by atoms with Gasteiger partial charge in [0, 0.05) is 13.1 Å². The van der Waals surface area contributed by atoms with Crippen LogP contribution in [-0.2, 0) is 18.9 Å². The summed E-state index contributed by atoms with van der Waals surface area (Å²) in [6.45, 7) is 4.97. The quantitative estimate of drug-likeness (QED) is 0.792. The first kappa shape index (κ1) is 21.0. The molecular formula is C23H31NO4. The highest BCUT2D eigenvalue weighted by Gasteiger charge is 2.19. The number of hydrogen-bond donors (Lipinski definition) is 0. The van der Waals surface area contributed by atoms with Crippen LogP contribution in [0.1, 0.15) is 23.3 Å². The van der Waals surface area contributed by atoms with E-state index in [1.54, 1.807) is 0 Å². The molecule has 5 heteroatoms. The standard InChI is InChI=1S/C23H31NO4/c1-24-18-22(20-8-4-2-5-9-20)27-16-14-25-12-13-26-15-17-28-23(19-24)21-10-6-3-7-11-21/h2-11,22-23H,12-19H2,1H3/t22-,23-/m1/s1. The van der Waals surface area contributed by atoms with E-state index >= 15 is 0 Å². The molecule has 0 N–H and O–H groups in total. The molecule has 1 aliphatic rings. The van der Waals surface area contributed by atoms with Crippen molar-refractivity contribution in [2.45, 2.75) is 12.2 Å². The van der Waals surface area contributed by atoms with Gasteiger partial charge in [-0.25, -0.2) is 0 Å². The number of likely N-dealkylation sites (N-methyl/N-ethyl adjacent to an activating group) is 1. The van der Waals surface area contributed by atoms with Crippen molar-refractivity contribution in [3.63, 3.8) is 0 Å². The number of hydrogen-bond acceptors (Lipinski definition) is 5. The molecule has 5 nitrogen and oxygen atoms in total. The van der Waals surface area contributed by atoms with Crippen LogP contribution in [0.25, 0.3) is 0 Å². The van der Waals surface area contributed by atoms with E-state index in [0.29, 0.717) is 39.6 Å². The Kier molecular flexibility index (Phi) is 8.94. The zero-order valence-corrected chi connectivity index (χ0v) is 16.7. The summed E-state index contributed by atoms with van der Waals surface area (Å²) in [5, 5.41) is 0. The molecule has 1 saturated heterocycles. The third-order valence-electron chi connectivity index (χ3n) is 4.76. The molecule has 3 rings (SSSR count). The van der Waals surface area contributed by atoms with Gasteiger partial charge in [0.15, 0.2) is 0 Å². The van der Waals surface area contributed by atoms with Crippen LogP contribution in [0.2, 0.25) is 0 Å². The van der Waals surface area contributed by atoms with Crippen molar-refractivity contribution >= 4 is 0 Å². The van der Waals surface area contributed by atoms with Crippen molar-refractivity contribution in [3.8, 4) is 0 Å². The molecule has 0 unspecified atom stereocenters. The van der Waals surface area contributed by atoms with Crippen LogP contribution >= 0.6 is 0 Å². The van der Waals surface area contributed by atoms with Gasteiger partial charge >= 0.3 is 0 Å². The average Bonchev–Trinajstić information content (AvgIpc) is 2.74. The summed E-state index contributed by atoms with van der Waals surface area (Å²) in [5.41, 5.74) is 2.36. The van der Waals surface area contributed by atoms with Crippen molar-refractivity contribution in [2.24, 2.45) is 0 Å². The summed E-state index contributed by atoms with van der Waals surface area (Å²) < 4.78 is 23.5. The third-order valence-corrected chi connectivity index (χ3v) is 4.76. The largest absolute Gasteiger partial charge is 0.377 e. The molecule has 152 valence electrons. The zero-order chi connectivity index (χ0) is 19.4. The molecule has 0 spiro atoms. The van der Waals surface area contributed by atoms with Gasteiger partial charge in [-0.15, -0.1) is 0 Å². The summed E-state index contributed by atoms with van der Waals surface area (Å²) in [7, 11) is 2.11. The van der Waals surface area contributed by atoms with Crippen molar-refractivity contribution in [1.29, 1.82) is 0 Å². The van der Waals surface area contributed by atoms with Gasteiger partial charge < -0.3 is 23.8 Å². The Bertz CT molecular complexity index is 595. The fourth-order valence-corrected chi connectivity index (χ4v) is 3.31.